The van der Waals surface area contributed by atoms with E-state index in [1.165, 1.54) is 50.8 Å². The van der Waals surface area contributed by atoms with E-state index in [0.717, 1.165) is 0 Å². The maximum atomic E-state index is 2.33. The molecule has 0 atom stereocenters. The summed E-state index contributed by atoms with van der Waals surface area (Å²) in [5, 5.41) is 0. The van der Waals surface area contributed by atoms with E-state index in [2.05, 4.69) is 116 Å². The Hall–Kier alpha value is -3.07. The van der Waals surface area contributed by atoms with Gasteiger partial charge < -0.3 is 4.57 Å². The highest BCUT2D eigenvalue weighted by Gasteiger charge is 2.23. The standard InChI is InChI=1S/C25H28N3/c1-17-9-7-8-10-23(17)25-26(6)13-14-27(25)24-18(2)15-22(16-19(24)3)28-20(4)11-12-21(28)5/h7-16H,1-6H3/q+1. The smallest absolute Gasteiger partial charge is 0.294 e. The van der Waals surface area contributed by atoms with Gasteiger partial charge in [0.05, 0.1) is 12.6 Å². The van der Waals surface area contributed by atoms with Crippen molar-refractivity contribution in [1.29, 1.82) is 0 Å². The number of rotatable bonds is 3. The van der Waals surface area contributed by atoms with Crippen LogP contribution in [0.5, 0.6) is 0 Å². The fraction of sp³-hybridized carbons (Fsp3) is 0.240. The number of nitrogens with zero attached hydrogens (tertiary/aromatic N) is 3. The predicted octanol–water partition coefficient (Wildman–Crippen LogP) is 5.30. The van der Waals surface area contributed by atoms with Crippen LogP contribution in [0.1, 0.15) is 28.1 Å². The maximum Gasteiger partial charge on any atom is 0.294 e. The first-order valence-electron chi connectivity index (χ1n) is 9.78. The van der Waals surface area contributed by atoms with Gasteiger partial charge in [0.15, 0.2) is 0 Å². The topological polar surface area (TPSA) is 13.7 Å². The third-order valence-electron chi connectivity index (χ3n) is 5.63. The summed E-state index contributed by atoms with van der Waals surface area (Å²) in [4.78, 5) is 0. The summed E-state index contributed by atoms with van der Waals surface area (Å²) in [5.74, 6) is 1.20. The Morgan fingerprint density at radius 1 is 0.750 bits per heavy atom. The molecule has 0 fully saturated rings. The number of imidazole rings is 1. The van der Waals surface area contributed by atoms with Gasteiger partial charge in [-0.15, -0.1) is 0 Å². The summed E-state index contributed by atoms with van der Waals surface area (Å²) >= 11 is 0. The minimum absolute atomic E-state index is 1.20. The van der Waals surface area contributed by atoms with Crippen molar-refractivity contribution >= 4 is 0 Å². The summed E-state index contributed by atoms with van der Waals surface area (Å²) < 4.78 is 6.85. The normalized spacial score (nSPS) is 11.2. The molecule has 2 aromatic carbocycles. The fourth-order valence-electron chi connectivity index (χ4n) is 4.32. The Balaban J connectivity index is 1.92. The van der Waals surface area contributed by atoms with Crippen LogP contribution in [0.2, 0.25) is 0 Å². The quantitative estimate of drug-likeness (QED) is 0.434. The molecular formula is C25H28N3+. The Labute approximate surface area is 167 Å². The maximum absolute atomic E-state index is 2.33. The van der Waals surface area contributed by atoms with E-state index in [0.29, 0.717) is 0 Å². The number of aromatic nitrogens is 3. The van der Waals surface area contributed by atoms with E-state index < -0.39 is 0 Å². The molecule has 2 aromatic heterocycles. The number of aryl methyl sites for hydroxylation is 6. The zero-order valence-electron chi connectivity index (χ0n) is 17.6. The van der Waals surface area contributed by atoms with Crippen LogP contribution >= 0.6 is 0 Å². The highest BCUT2D eigenvalue weighted by Crippen LogP contribution is 2.29. The molecule has 0 amide bonds. The molecule has 0 N–H and O–H groups in total. The fourth-order valence-corrected chi connectivity index (χ4v) is 4.32. The molecule has 0 bridgehead atoms. The van der Waals surface area contributed by atoms with Gasteiger partial charge in [-0.3, -0.25) is 0 Å². The third-order valence-corrected chi connectivity index (χ3v) is 5.63. The molecule has 0 saturated heterocycles. The van der Waals surface area contributed by atoms with Crippen LogP contribution in [-0.4, -0.2) is 9.13 Å². The van der Waals surface area contributed by atoms with Crippen molar-refractivity contribution in [2.24, 2.45) is 7.05 Å². The van der Waals surface area contributed by atoms with Gasteiger partial charge in [-0.05, 0) is 81.6 Å². The van der Waals surface area contributed by atoms with Crippen LogP contribution < -0.4 is 4.57 Å². The van der Waals surface area contributed by atoms with E-state index in [1.54, 1.807) is 0 Å². The van der Waals surface area contributed by atoms with Gasteiger partial charge in [-0.1, -0.05) is 18.2 Å². The molecule has 0 unspecified atom stereocenters. The SMILES string of the molecule is Cc1ccccc1-c1n(-c2c(C)cc(-n3c(C)ccc3C)cc2C)cc[n+]1C. The lowest BCUT2D eigenvalue weighted by Gasteiger charge is -2.15. The molecule has 0 spiro atoms. The van der Waals surface area contributed by atoms with Gasteiger partial charge in [-0.2, -0.15) is 4.57 Å². The number of hydrogen-bond acceptors (Lipinski definition) is 0. The Bertz CT molecular complexity index is 1130. The highest BCUT2D eigenvalue weighted by atomic mass is 15.1. The predicted molar refractivity (Wildman–Crippen MR) is 115 cm³/mol. The summed E-state index contributed by atoms with van der Waals surface area (Å²) in [7, 11) is 2.11. The summed E-state index contributed by atoms with van der Waals surface area (Å²) in [6.07, 6.45) is 4.30. The van der Waals surface area contributed by atoms with Crippen LogP contribution in [0.3, 0.4) is 0 Å². The van der Waals surface area contributed by atoms with Gasteiger partial charge in [0.25, 0.3) is 5.82 Å². The van der Waals surface area contributed by atoms with E-state index in [9.17, 15) is 0 Å². The zero-order chi connectivity index (χ0) is 20.0. The Kier molecular flexibility index (Phi) is 4.46. The van der Waals surface area contributed by atoms with E-state index in [4.69, 9.17) is 0 Å². The number of hydrogen-bond donors (Lipinski definition) is 0. The molecule has 4 rings (SSSR count). The zero-order valence-corrected chi connectivity index (χ0v) is 17.6. The minimum atomic E-state index is 1.20. The Morgan fingerprint density at radius 2 is 1.36 bits per heavy atom. The van der Waals surface area contributed by atoms with Gasteiger partial charge in [0, 0.05) is 17.1 Å². The second kappa shape index (κ2) is 6.83. The van der Waals surface area contributed by atoms with Crippen LogP contribution in [0.25, 0.3) is 22.8 Å². The third kappa shape index (κ3) is 2.88. The van der Waals surface area contributed by atoms with Crippen LogP contribution in [0, 0.1) is 34.6 Å². The second-order valence-corrected chi connectivity index (χ2v) is 7.80. The highest BCUT2D eigenvalue weighted by molar-refractivity contribution is 5.63. The summed E-state index contributed by atoms with van der Waals surface area (Å²) in [6.45, 7) is 10.9. The molecule has 3 heteroatoms. The summed E-state index contributed by atoms with van der Waals surface area (Å²) in [5.41, 5.74) is 10.1. The van der Waals surface area contributed by atoms with Gasteiger partial charge >= 0.3 is 0 Å². The van der Waals surface area contributed by atoms with Gasteiger partial charge in [0.2, 0.25) is 0 Å². The van der Waals surface area contributed by atoms with E-state index in [-0.39, 0.29) is 0 Å². The summed E-state index contributed by atoms with van der Waals surface area (Å²) in [6, 6.07) is 17.5. The van der Waals surface area contributed by atoms with Crippen LogP contribution in [-0.2, 0) is 7.05 Å². The van der Waals surface area contributed by atoms with Crippen molar-refractivity contribution in [3.05, 3.63) is 89.0 Å². The largest absolute Gasteiger partial charge is 0.318 e. The van der Waals surface area contributed by atoms with Crippen molar-refractivity contribution < 1.29 is 4.57 Å². The molecule has 2 heterocycles. The van der Waals surface area contributed by atoms with Gasteiger partial charge in [-0.25, -0.2) is 4.57 Å². The number of benzene rings is 2. The van der Waals surface area contributed by atoms with Crippen LogP contribution in [0.4, 0.5) is 0 Å². The lowest BCUT2D eigenvalue weighted by atomic mass is 10.0. The molecule has 0 aliphatic carbocycles. The van der Waals surface area contributed by atoms with Crippen molar-refractivity contribution in [1.82, 2.24) is 9.13 Å². The van der Waals surface area contributed by atoms with Crippen molar-refractivity contribution in [2.75, 3.05) is 0 Å². The van der Waals surface area contributed by atoms with Crippen molar-refractivity contribution in [3.8, 4) is 22.8 Å². The molecule has 0 radical (unpaired) electrons. The lowest BCUT2D eigenvalue weighted by Crippen LogP contribution is -2.29. The monoisotopic (exact) mass is 370 g/mol. The average molecular weight is 371 g/mol. The molecule has 4 aromatic rings. The van der Waals surface area contributed by atoms with Crippen LogP contribution in [0.15, 0.2) is 60.9 Å². The second-order valence-electron chi connectivity index (χ2n) is 7.80. The lowest BCUT2D eigenvalue weighted by molar-refractivity contribution is -0.659. The average Bonchev–Trinajstić information content (AvgIpc) is 3.17. The first kappa shape index (κ1) is 18.3. The molecular weight excluding hydrogens is 342 g/mol. The van der Waals surface area contributed by atoms with E-state index >= 15 is 0 Å². The first-order chi connectivity index (χ1) is 13.4. The van der Waals surface area contributed by atoms with E-state index in [1.807, 2.05) is 0 Å². The molecule has 0 saturated carbocycles. The molecule has 3 nitrogen and oxygen atoms in total. The van der Waals surface area contributed by atoms with Crippen molar-refractivity contribution in [2.45, 2.75) is 34.6 Å². The minimum Gasteiger partial charge on any atom is -0.318 e. The molecule has 0 aliphatic rings. The molecule has 142 valence electrons. The van der Waals surface area contributed by atoms with Crippen molar-refractivity contribution in [3.63, 3.8) is 0 Å². The molecule has 0 aliphatic heterocycles. The first-order valence-corrected chi connectivity index (χ1v) is 9.78. The van der Waals surface area contributed by atoms with Gasteiger partial charge in [0.1, 0.15) is 18.1 Å². The Morgan fingerprint density at radius 3 is 1.96 bits per heavy atom. The molecule has 28 heavy (non-hydrogen) atoms.